The molecule has 3 aromatic rings. The van der Waals surface area contributed by atoms with Crippen molar-refractivity contribution in [1.29, 1.82) is 0 Å². The molecule has 0 unspecified atom stereocenters. The molecule has 1 aromatic carbocycles. The fraction of sp³-hybridized carbons (Fsp3) is 0.188. The van der Waals surface area contributed by atoms with Crippen LogP contribution in [0.3, 0.4) is 0 Å². The second-order valence-electron chi connectivity index (χ2n) is 5.04. The summed E-state index contributed by atoms with van der Waals surface area (Å²) in [6, 6.07) is 7.76. The molecule has 3 N–H and O–H groups in total. The van der Waals surface area contributed by atoms with E-state index in [4.69, 9.17) is 10.5 Å². The zero-order chi connectivity index (χ0) is 17.1. The molecule has 0 aliphatic carbocycles. The number of benzene rings is 1. The molecule has 2 aromatic heterocycles. The van der Waals surface area contributed by atoms with E-state index in [0.717, 1.165) is 38.4 Å². The average molecular weight is 359 g/mol. The molecule has 0 aliphatic heterocycles. The van der Waals surface area contributed by atoms with E-state index in [1.165, 1.54) is 22.7 Å². The lowest BCUT2D eigenvalue weighted by Crippen LogP contribution is -1.99. The first kappa shape index (κ1) is 16.4. The minimum Gasteiger partial charge on any atom is -0.497 e. The number of nitrogen functional groups attached to an aromatic ring is 1. The van der Waals surface area contributed by atoms with Gasteiger partial charge in [0.1, 0.15) is 5.75 Å². The third-order valence-corrected chi connectivity index (χ3v) is 5.13. The van der Waals surface area contributed by atoms with Gasteiger partial charge in [0.2, 0.25) is 5.13 Å². The Morgan fingerprint density at radius 1 is 1.25 bits per heavy atom. The van der Waals surface area contributed by atoms with Crippen LogP contribution in [0.2, 0.25) is 0 Å². The smallest absolute Gasteiger partial charge is 0.203 e. The van der Waals surface area contributed by atoms with Crippen LogP contribution >= 0.6 is 22.7 Å². The van der Waals surface area contributed by atoms with Crippen molar-refractivity contribution in [2.24, 2.45) is 5.10 Å². The fourth-order valence-electron chi connectivity index (χ4n) is 2.11. The lowest BCUT2D eigenvalue weighted by Gasteiger charge is -2.03. The van der Waals surface area contributed by atoms with Gasteiger partial charge < -0.3 is 10.5 Å². The van der Waals surface area contributed by atoms with E-state index in [1.54, 1.807) is 7.11 Å². The molecule has 0 saturated heterocycles. The van der Waals surface area contributed by atoms with Gasteiger partial charge in [0.15, 0.2) is 5.13 Å². The average Bonchev–Trinajstić information content (AvgIpc) is 3.18. The molecule has 0 saturated carbocycles. The number of thiazole rings is 2. The van der Waals surface area contributed by atoms with Gasteiger partial charge in [0, 0.05) is 5.38 Å². The largest absolute Gasteiger partial charge is 0.497 e. The van der Waals surface area contributed by atoms with Crippen molar-refractivity contribution in [3.63, 3.8) is 0 Å². The summed E-state index contributed by atoms with van der Waals surface area (Å²) in [4.78, 5) is 9.76. The van der Waals surface area contributed by atoms with E-state index in [9.17, 15) is 0 Å². The highest BCUT2D eigenvalue weighted by atomic mass is 32.1. The summed E-state index contributed by atoms with van der Waals surface area (Å²) >= 11 is 2.94. The maximum atomic E-state index is 5.74. The highest BCUT2D eigenvalue weighted by Gasteiger charge is 2.11. The number of anilines is 2. The number of nitrogens with zero attached hydrogens (tertiary/aromatic N) is 3. The van der Waals surface area contributed by atoms with Crippen molar-refractivity contribution in [2.45, 2.75) is 13.8 Å². The highest BCUT2D eigenvalue weighted by Crippen LogP contribution is 2.33. The summed E-state index contributed by atoms with van der Waals surface area (Å²) in [7, 11) is 1.65. The predicted octanol–water partition coefficient (Wildman–Crippen LogP) is 4.00. The Morgan fingerprint density at radius 2 is 2.00 bits per heavy atom. The number of rotatable bonds is 5. The van der Waals surface area contributed by atoms with Gasteiger partial charge in [-0.1, -0.05) is 11.3 Å². The Morgan fingerprint density at radius 3 is 2.62 bits per heavy atom. The lowest BCUT2D eigenvalue weighted by molar-refractivity contribution is 0.415. The Labute approximate surface area is 148 Å². The Balaban J connectivity index is 1.73. The summed E-state index contributed by atoms with van der Waals surface area (Å²) in [5.74, 6) is 0.822. The van der Waals surface area contributed by atoms with Gasteiger partial charge in [0.25, 0.3) is 0 Å². The third kappa shape index (κ3) is 3.55. The van der Waals surface area contributed by atoms with Crippen LogP contribution in [0.1, 0.15) is 18.2 Å². The van der Waals surface area contributed by atoms with Crippen molar-refractivity contribution in [3.05, 3.63) is 40.9 Å². The van der Waals surface area contributed by atoms with Crippen molar-refractivity contribution in [2.75, 3.05) is 18.3 Å². The molecule has 2 heterocycles. The maximum absolute atomic E-state index is 5.74. The van der Waals surface area contributed by atoms with E-state index in [0.29, 0.717) is 5.13 Å². The molecule has 24 heavy (non-hydrogen) atoms. The summed E-state index contributed by atoms with van der Waals surface area (Å²) < 4.78 is 5.16. The molecular formula is C16H17N5OS2. The molecule has 0 amide bonds. The van der Waals surface area contributed by atoms with Crippen LogP contribution in [0.25, 0.3) is 10.6 Å². The van der Waals surface area contributed by atoms with Gasteiger partial charge in [-0.05, 0) is 43.7 Å². The minimum absolute atomic E-state index is 0.554. The molecule has 3 rings (SSSR count). The summed E-state index contributed by atoms with van der Waals surface area (Å²) in [5.41, 5.74) is 12.4. The van der Waals surface area contributed by atoms with Crippen LogP contribution in [0.4, 0.5) is 10.3 Å². The van der Waals surface area contributed by atoms with E-state index < -0.39 is 0 Å². The molecule has 0 radical (unpaired) electrons. The topological polar surface area (TPSA) is 85.4 Å². The number of hydrogen-bond acceptors (Lipinski definition) is 8. The SMILES string of the molecule is COc1ccc(C(C)=NNc2nc(-c3sc(N)nc3C)cs2)cc1. The van der Waals surface area contributed by atoms with Crippen LogP contribution in [-0.2, 0) is 0 Å². The molecule has 0 atom stereocenters. The molecule has 6 nitrogen and oxygen atoms in total. The standard InChI is InChI=1S/C16H17N5OS2/c1-9(11-4-6-12(22-3)7-5-11)20-21-16-19-13(8-23-16)14-10(2)18-15(17)24-14/h4-8H,1-3H3,(H2,17,18)(H,19,21). The van der Waals surface area contributed by atoms with E-state index in [1.807, 2.05) is 43.5 Å². The van der Waals surface area contributed by atoms with E-state index in [-0.39, 0.29) is 0 Å². The minimum atomic E-state index is 0.554. The molecule has 0 spiro atoms. The van der Waals surface area contributed by atoms with E-state index in [2.05, 4.69) is 20.5 Å². The normalized spacial score (nSPS) is 11.5. The lowest BCUT2D eigenvalue weighted by atomic mass is 10.1. The zero-order valence-electron chi connectivity index (χ0n) is 13.5. The summed E-state index contributed by atoms with van der Waals surface area (Å²) in [6.45, 7) is 3.87. The first-order valence-corrected chi connectivity index (χ1v) is 8.90. The van der Waals surface area contributed by atoms with Gasteiger partial charge in [-0.3, -0.25) is 5.43 Å². The van der Waals surface area contributed by atoms with Gasteiger partial charge in [-0.15, -0.1) is 11.3 Å². The predicted molar refractivity (Wildman–Crippen MR) is 101 cm³/mol. The highest BCUT2D eigenvalue weighted by molar-refractivity contribution is 7.19. The monoisotopic (exact) mass is 359 g/mol. The molecule has 0 bridgehead atoms. The van der Waals surface area contributed by atoms with Gasteiger partial charge >= 0.3 is 0 Å². The number of aryl methyl sites for hydroxylation is 1. The number of ether oxygens (including phenoxy) is 1. The van der Waals surface area contributed by atoms with Gasteiger partial charge in [-0.25, -0.2) is 9.97 Å². The molecule has 0 fully saturated rings. The van der Waals surface area contributed by atoms with Crippen molar-refractivity contribution in [1.82, 2.24) is 9.97 Å². The van der Waals surface area contributed by atoms with Crippen LogP contribution < -0.4 is 15.9 Å². The van der Waals surface area contributed by atoms with Gasteiger partial charge in [0.05, 0.1) is 29.1 Å². The van der Waals surface area contributed by atoms with E-state index >= 15 is 0 Å². The van der Waals surface area contributed by atoms with Crippen molar-refractivity contribution < 1.29 is 4.74 Å². The number of nitrogens with two attached hydrogens (primary N) is 1. The number of hydrazone groups is 1. The second-order valence-corrected chi connectivity index (χ2v) is 6.93. The van der Waals surface area contributed by atoms with Crippen LogP contribution in [0.15, 0.2) is 34.7 Å². The fourth-order valence-corrected chi connectivity index (χ4v) is 3.62. The molecular weight excluding hydrogens is 342 g/mol. The third-order valence-electron chi connectivity index (χ3n) is 3.38. The molecule has 8 heteroatoms. The Bertz CT molecular complexity index is 867. The first-order chi connectivity index (χ1) is 11.6. The van der Waals surface area contributed by atoms with Crippen molar-refractivity contribution in [3.8, 4) is 16.3 Å². The van der Waals surface area contributed by atoms with Crippen LogP contribution in [-0.4, -0.2) is 22.8 Å². The molecule has 124 valence electrons. The first-order valence-electron chi connectivity index (χ1n) is 7.20. The number of nitrogens with one attached hydrogen (secondary N) is 1. The summed E-state index contributed by atoms with van der Waals surface area (Å²) in [5, 5.41) is 7.64. The number of hydrogen-bond donors (Lipinski definition) is 2. The Kier molecular flexibility index (Phi) is 4.77. The summed E-state index contributed by atoms with van der Waals surface area (Å²) in [6.07, 6.45) is 0. The molecule has 0 aliphatic rings. The van der Waals surface area contributed by atoms with Gasteiger partial charge in [-0.2, -0.15) is 5.10 Å². The number of aromatic nitrogens is 2. The second kappa shape index (κ2) is 6.98. The quantitative estimate of drug-likeness (QED) is 0.531. The number of methoxy groups -OCH3 is 1. The Hall–Kier alpha value is -2.45. The van der Waals surface area contributed by atoms with Crippen LogP contribution in [0.5, 0.6) is 5.75 Å². The maximum Gasteiger partial charge on any atom is 0.203 e. The van der Waals surface area contributed by atoms with Crippen molar-refractivity contribution >= 4 is 38.6 Å². The zero-order valence-corrected chi connectivity index (χ0v) is 15.2. The van der Waals surface area contributed by atoms with Crippen LogP contribution in [0, 0.1) is 6.92 Å².